The lowest BCUT2D eigenvalue weighted by Crippen LogP contribution is -2.10. The second kappa shape index (κ2) is 31.9. The second-order valence-electron chi connectivity index (χ2n) is 28.1. The van der Waals surface area contributed by atoms with Crippen LogP contribution >= 0.6 is 0 Å². The van der Waals surface area contributed by atoms with Crippen LogP contribution in [0.1, 0.15) is 0 Å². The van der Waals surface area contributed by atoms with E-state index in [1.807, 2.05) is 0 Å². The Labute approximate surface area is 656 Å². The molecule has 0 saturated carbocycles. The van der Waals surface area contributed by atoms with Crippen LogP contribution in [0, 0.1) is 0 Å². The molecule has 112 heavy (non-hydrogen) atoms. The molecule has 0 aliphatic rings. The number of hydrogen-bond acceptors (Lipinski definition) is 4. The molecule has 0 saturated heterocycles. The monoisotopic (exact) mass is 1430 g/mol. The zero-order valence-electron chi connectivity index (χ0n) is 61.8. The van der Waals surface area contributed by atoms with Gasteiger partial charge in [-0.3, -0.25) is 0 Å². The van der Waals surface area contributed by atoms with Crippen molar-refractivity contribution in [2.45, 2.75) is 0 Å². The van der Waals surface area contributed by atoms with E-state index < -0.39 is 0 Å². The Kier molecular flexibility index (Phi) is 19.6. The molecule has 0 bridgehead atoms. The molecule has 0 aliphatic heterocycles. The third-order valence-electron chi connectivity index (χ3n) is 21.1. The largest absolute Gasteiger partial charge is 0.311 e. The number of rotatable bonds is 21. The van der Waals surface area contributed by atoms with Crippen molar-refractivity contribution in [3.05, 3.63) is 473 Å². The van der Waals surface area contributed by atoms with Gasteiger partial charge in [0.15, 0.2) is 0 Å². The van der Waals surface area contributed by atoms with E-state index in [0.29, 0.717) is 0 Å². The summed E-state index contributed by atoms with van der Waals surface area (Å²) in [6.07, 6.45) is 0. The predicted octanol–water partition coefficient (Wildman–Crippen LogP) is 30.6. The minimum Gasteiger partial charge on any atom is -0.311 e. The van der Waals surface area contributed by atoms with Crippen LogP contribution in [0.5, 0.6) is 0 Å². The SMILES string of the molecule is c1ccc(-c2ccc(N(c3ccccc3)c3ccc(-c4ccc(N(c5ccc(-c6ccccc6)cc5)c5ccc(-c6ccc(-c7ccc(-c8ccc(N(c9ccc(-c%10ccccc%10)cc9)c9ccc(-c%10ccc(N(c%11ccccc%11)c%11ccc(-c%12ccccc%12)cc%11)cc%10)cc9)cc8)cc7)cc6)cc5)cc4)cc3)cc2)cc1. The van der Waals surface area contributed by atoms with Crippen molar-refractivity contribution in [3.8, 4) is 100 Å². The molecule has 18 aromatic rings. The van der Waals surface area contributed by atoms with Crippen LogP contribution in [0.4, 0.5) is 68.2 Å². The first-order valence-electron chi connectivity index (χ1n) is 38.3. The highest BCUT2D eigenvalue weighted by molar-refractivity contribution is 5.87. The van der Waals surface area contributed by atoms with Crippen molar-refractivity contribution in [3.63, 3.8) is 0 Å². The Morgan fingerprint density at radius 3 is 0.268 bits per heavy atom. The minimum atomic E-state index is 1.07. The van der Waals surface area contributed by atoms with Crippen LogP contribution in [0.3, 0.4) is 0 Å². The minimum absolute atomic E-state index is 1.07. The van der Waals surface area contributed by atoms with Gasteiger partial charge >= 0.3 is 0 Å². The molecular weight excluding hydrogens is 1350 g/mol. The summed E-state index contributed by atoms with van der Waals surface area (Å²) in [7, 11) is 0. The van der Waals surface area contributed by atoms with E-state index in [4.69, 9.17) is 0 Å². The molecule has 0 amide bonds. The zero-order chi connectivity index (χ0) is 74.8. The molecule has 18 aromatic carbocycles. The zero-order valence-corrected chi connectivity index (χ0v) is 61.8. The first kappa shape index (κ1) is 68.9. The molecule has 0 aromatic heterocycles. The summed E-state index contributed by atoms with van der Waals surface area (Å²) >= 11 is 0. The molecule has 18 rings (SSSR count). The van der Waals surface area contributed by atoms with Crippen molar-refractivity contribution in [1.82, 2.24) is 0 Å². The third kappa shape index (κ3) is 15.0. The first-order valence-corrected chi connectivity index (χ1v) is 38.3. The van der Waals surface area contributed by atoms with E-state index in [-0.39, 0.29) is 0 Å². The number of anilines is 12. The lowest BCUT2D eigenvalue weighted by atomic mass is 9.97. The summed E-state index contributed by atoms with van der Waals surface area (Å²) in [5, 5.41) is 0. The van der Waals surface area contributed by atoms with E-state index in [9.17, 15) is 0 Å². The Morgan fingerprint density at radius 2 is 0.152 bits per heavy atom. The standard InChI is InChI=1S/C108H78N4/c1-7-19-79(20-8-1)87-39-59-99(60-40-87)109(97-27-15-5-16-28-97)101-67-51-93(52-68-101)95-55-75-107(76-56-95)111(103-63-43-89(44-64-103)81-23-11-3-12-24-81)105-71-47-91(48-72-105)85-35-31-83(32-36-85)84-33-37-86(38-34-84)92-49-73-106(74-50-92)112(104-65-45-90(46-66-104)82-25-13-4-14-26-82)108-77-57-96(58-78-108)94-53-69-102(70-54-94)110(98-29-17-6-18-30-98)100-61-41-88(42-62-100)80-21-9-2-10-22-80/h1-78H. The molecule has 0 unspecified atom stereocenters. The van der Waals surface area contributed by atoms with Gasteiger partial charge in [0.05, 0.1) is 0 Å². The average molecular weight is 1430 g/mol. The lowest BCUT2D eigenvalue weighted by Gasteiger charge is -2.26. The molecule has 0 radical (unpaired) electrons. The molecule has 0 atom stereocenters. The molecule has 4 heteroatoms. The van der Waals surface area contributed by atoms with Gasteiger partial charge in [0.2, 0.25) is 0 Å². The molecule has 0 N–H and O–H groups in total. The van der Waals surface area contributed by atoms with Gasteiger partial charge in [-0.25, -0.2) is 0 Å². The Morgan fingerprint density at radius 1 is 0.0714 bits per heavy atom. The number of nitrogens with zero attached hydrogens (tertiary/aromatic N) is 4. The molecule has 0 spiro atoms. The third-order valence-corrected chi connectivity index (χ3v) is 21.1. The highest BCUT2D eigenvalue weighted by atomic mass is 15.2. The van der Waals surface area contributed by atoms with Crippen molar-refractivity contribution >= 4 is 68.2 Å². The van der Waals surface area contributed by atoms with E-state index in [2.05, 4.69) is 493 Å². The van der Waals surface area contributed by atoms with Gasteiger partial charge in [-0.1, -0.05) is 328 Å². The summed E-state index contributed by atoms with van der Waals surface area (Å²) < 4.78 is 0. The fourth-order valence-corrected chi connectivity index (χ4v) is 15.2. The summed E-state index contributed by atoms with van der Waals surface area (Å²) in [4.78, 5) is 9.34. The predicted molar refractivity (Wildman–Crippen MR) is 474 cm³/mol. The van der Waals surface area contributed by atoms with E-state index in [1.165, 1.54) is 55.6 Å². The van der Waals surface area contributed by atoms with Crippen molar-refractivity contribution in [1.29, 1.82) is 0 Å². The number of para-hydroxylation sites is 2. The van der Waals surface area contributed by atoms with Crippen molar-refractivity contribution in [2.24, 2.45) is 0 Å². The van der Waals surface area contributed by atoms with Crippen molar-refractivity contribution in [2.75, 3.05) is 19.6 Å². The van der Waals surface area contributed by atoms with Crippen LogP contribution in [0.25, 0.3) is 100 Å². The van der Waals surface area contributed by atoms with Gasteiger partial charge < -0.3 is 19.6 Å². The highest BCUT2D eigenvalue weighted by Gasteiger charge is 2.20. The van der Waals surface area contributed by atoms with Gasteiger partial charge in [0.1, 0.15) is 0 Å². The molecule has 4 nitrogen and oxygen atoms in total. The van der Waals surface area contributed by atoms with E-state index in [1.54, 1.807) is 0 Å². The van der Waals surface area contributed by atoms with Gasteiger partial charge in [0.25, 0.3) is 0 Å². The number of benzene rings is 18. The van der Waals surface area contributed by atoms with Crippen LogP contribution in [0.15, 0.2) is 473 Å². The van der Waals surface area contributed by atoms with E-state index in [0.717, 1.165) is 113 Å². The number of hydrogen-bond donors (Lipinski definition) is 0. The summed E-state index contributed by atoms with van der Waals surface area (Å²) in [5.74, 6) is 0. The fourth-order valence-electron chi connectivity index (χ4n) is 15.2. The van der Waals surface area contributed by atoms with Gasteiger partial charge in [-0.2, -0.15) is 0 Å². The normalized spacial score (nSPS) is 11.0. The maximum Gasteiger partial charge on any atom is 0.0462 e. The molecule has 0 aliphatic carbocycles. The maximum atomic E-state index is 2.35. The molecule has 0 heterocycles. The quantitative estimate of drug-likeness (QED) is 0.0711. The summed E-state index contributed by atoms with van der Waals surface area (Å²) in [6.45, 7) is 0. The first-order chi connectivity index (χ1) is 55.5. The maximum absolute atomic E-state index is 2.35. The molecule has 0 fully saturated rings. The summed E-state index contributed by atoms with van der Waals surface area (Å²) in [5.41, 5.74) is 34.1. The van der Waals surface area contributed by atoms with E-state index >= 15 is 0 Å². The molecule has 530 valence electrons. The highest BCUT2D eigenvalue weighted by Crippen LogP contribution is 2.44. The van der Waals surface area contributed by atoms with Gasteiger partial charge in [-0.15, -0.1) is 0 Å². The Bertz CT molecular complexity index is 5690. The molecular formula is C108H78N4. The van der Waals surface area contributed by atoms with Crippen LogP contribution in [-0.2, 0) is 0 Å². The Balaban J connectivity index is 0.569. The van der Waals surface area contributed by atoms with Crippen molar-refractivity contribution < 1.29 is 0 Å². The Hall–Kier alpha value is -14.8. The van der Waals surface area contributed by atoms with Crippen LogP contribution in [-0.4, -0.2) is 0 Å². The topological polar surface area (TPSA) is 13.0 Å². The van der Waals surface area contributed by atoms with Gasteiger partial charge in [0, 0.05) is 68.2 Å². The van der Waals surface area contributed by atoms with Crippen LogP contribution < -0.4 is 19.6 Å². The fraction of sp³-hybridized carbons (Fsp3) is 0. The average Bonchev–Trinajstić information content (AvgIpc) is 0.795. The lowest BCUT2D eigenvalue weighted by molar-refractivity contribution is 1.28. The van der Waals surface area contributed by atoms with Crippen LogP contribution in [0.2, 0.25) is 0 Å². The summed E-state index contributed by atoms with van der Waals surface area (Å²) in [6, 6.07) is 171. The second-order valence-corrected chi connectivity index (χ2v) is 28.1. The van der Waals surface area contributed by atoms with Gasteiger partial charge in [-0.05, 0) is 246 Å². The smallest absolute Gasteiger partial charge is 0.0462 e.